The molecule has 0 spiro atoms. The highest BCUT2D eigenvalue weighted by Crippen LogP contribution is 2.32. The second kappa shape index (κ2) is 6.47. The number of aromatic nitrogens is 1. The summed E-state index contributed by atoms with van der Waals surface area (Å²) in [7, 11) is 0. The molecule has 24 heavy (non-hydrogen) atoms. The SMILES string of the molecule is CC(=O)N1c2ccccc2CC1C(=O)NCCc1c(C)noc1C. The van der Waals surface area contributed by atoms with Gasteiger partial charge in [0.1, 0.15) is 11.8 Å². The Morgan fingerprint density at radius 1 is 1.33 bits per heavy atom. The Labute approximate surface area is 140 Å². The molecular formula is C18H21N3O3. The number of hydrogen-bond donors (Lipinski definition) is 1. The molecule has 1 aromatic heterocycles. The molecular weight excluding hydrogens is 306 g/mol. The highest BCUT2D eigenvalue weighted by atomic mass is 16.5. The summed E-state index contributed by atoms with van der Waals surface area (Å²) in [5.41, 5.74) is 3.73. The zero-order valence-electron chi connectivity index (χ0n) is 14.1. The monoisotopic (exact) mass is 327 g/mol. The zero-order chi connectivity index (χ0) is 17.3. The van der Waals surface area contributed by atoms with Gasteiger partial charge in [0.2, 0.25) is 11.8 Å². The molecule has 6 nitrogen and oxygen atoms in total. The van der Waals surface area contributed by atoms with Gasteiger partial charge in [-0.25, -0.2) is 0 Å². The Kier molecular flexibility index (Phi) is 4.38. The van der Waals surface area contributed by atoms with Crippen molar-refractivity contribution in [1.29, 1.82) is 0 Å². The third-order valence-corrected chi connectivity index (χ3v) is 4.47. The number of carbonyl (C=O) groups excluding carboxylic acids is 2. The minimum Gasteiger partial charge on any atom is -0.361 e. The van der Waals surface area contributed by atoms with Gasteiger partial charge in [0.25, 0.3) is 0 Å². The van der Waals surface area contributed by atoms with Crippen molar-refractivity contribution < 1.29 is 14.1 Å². The van der Waals surface area contributed by atoms with Crippen LogP contribution in [0.25, 0.3) is 0 Å². The molecule has 1 atom stereocenters. The van der Waals surface area contributed by atoms with Gasteiger partial charge in [0, 0.05) is 31.1 Å². The van der Waals surface area contributed by atoms with Crippen LogP contribution in [-0.2, 0) is 22.4 Å². The Morgan fingerprint density at radius 3 is 2.75 bits per heavy atom. The molecule has 1 unspecified atom stereocenters. The van der Waals surface area contributed by atoms with Crippen LogP contribution in [0.2, 0.25) is 0 Å². The van der Waals surface area contributed by atoms with Gasteiger partial charge in [-0.1, -0.05) is 23.4 Å². The summed E-state index contributed by atoms with van der Waals surface area (Å²) in [4.78, 5) is 26.2. The molecule has 126 valence electrons. The summed E-state index contributed by atoms with van der Waals surface area (Å²) < 4.78 is 5.13. The van der Waals surface area contributed by atoms with Crippen LogP contribution in [-0.4, -0.2) is 29.6 Å². The van der Waals surface area contributed by atoms with E-state index < -0.39 is 6.04 Å². The third kappa shape index (κ3) is 2.91. The average Bonchev–Trinajstić information content (AvgIpc) is 3.09. The molecule has 1 aliphatic heterocycles. The molecule has 0 fully saturated rings. The standard InChI is InChI=1S/C18H21N3O3/c1-11-15(12(2)24-20-11)8-9-19-18(23)17-10-14-6-4-5-7-16(14)21(17)13(3)22/h4-7,17H,8-10H2,1-3H3,(H,19,23). The van der Waals surface area contributed by atoms with Crippen LogP contribution in [0, 0.1) is 13.8 Å². The Balaban J connectivity index is 1.66. The fraction of sp³-hybridized carbons (Fsp3) is 0.389. The van der Waals surface area contributed by atoms with Crippen molar-refractivity contribution in [2.75, 3.05) is 11.4 Å². The van der Waals surface area contributed by atoms with Crippen LogP contribution in [0.15, 0.2) is 28.8 Å². The number of amides is 2. The summed E-state index contributed by atoms with van der Waals surface area (Å²) in [6.45, 7) is 5.73. The van der Waals surface area contributed by atoms with Gasteiger partial charge < -0.3 is 9.84 Å². The maximum absolute atomic E-state index is 12.6. The van der Waals surface area contributed by atoms with E-state index in [1.807, 2.05) is 38.1 Å². The van der Waals surface area contributed by atoms with Crippen molar-refractivity contribution in [3.05, 3.63) is 46.8 Å². The molecule has 1 N–H and O–H groups in total. The first-order valence-corrected chi connectivity index (χ1v) is 8.06. The van der Waals surface area contributed by atoms with E-state index in [9.17, 15) is 9.59 Å². The maximum atomic E-state index is 12.6. The van der Waals surface area contributed by atoms with Crippen LogP contribution < -0.4 is 10.2 Å². The molecule has 2 heterocycles. The molecule has 0 saturated carbocycles. The van der Waals surface area contributed by atoms with Crippen molar-refractivity contribution in [2.45, 2.75) is 39.7 Å². The molecule has 0 bridgehead atoms. The summed E-state index contributed by atoms with van der Waals surface area (Å²) >= 11 is 0. The first-order chi connectivity index (χ1) is 11.5. The summed E-state index contributed by atoms with van der Waals surface area (Å²) in [6, 6.07) is 7.17. The molecule has 0 saturated heterocycles. The smallest absolute Gasteiger partial charge is 0.243 e. The van der Waals surface area contributed by atoms with Gasteiger partial charge in [-0.2, -0.15) is 0 Å². The Morgan fingerprint density at radius 2 is 2.08 bits per heavy atom. The van der Waals surface area contributed by atoms with E-state index in [2.05, 4.69) is 10.5 Å². The first-order valence-electron chi connectivity index (χ1n) is 8.06. The number of rotatable bonds is 4. The fourth-order valence-corrected chi connectivity index (χ4v) is 3.27. The van der Waals surface area contributed by atoms with Crippen LogP contribution in [0.1, 0.15) is 29.5 Å². The van der Waals surface area contributed by atoms with Gasteiger partial charge in [-0.05, 0) is 31.9 Å². The Hall–Kier alpha value is -2.63. The van der Waals surface area contributed by atoms with Gasteiger partial charge in [0.05, 0.1) is 5.69 Å². The van der Waals surface area contributed by atoms with E-state index in [4.69, 9.17) is 4.52 Å². The van der Waals surface area contributed by atoms with Crippen molar-refractivity contribution in [1.82, 2.24) is 10.5 Å². The lowest BCUT2D eigenvalue weighted by Crippen LogP contribution is -2.47. The molecule has 1 aliphatic rings. The van der Waals surface area contributed by atoms with Gasteiger partial charge in [-0.3, -0.25) is 14.5 Å². The highest BCUT2D eigenvalue weighted by Gasteiger charge is 2.36. The van der Waals surface area contributed by atoms with Crippen LogP contribution >= 0.6 is 0 Å². The lowest BCUT2D eigenvalue weighted by Gasteiger charge is -2.23. The number of nitrogens with zero attached hydrogens (tertiary/aromatic N) is 2. The molecule has 2 amide bonds. The number of para-hydroxylation sites is 1. The van der Waals surface area contributed by atoms with E-state index >= 15 is 0 Å². The maximum Gasteiger partial charge on any atom is 0.243 e. The van der Waals surface area contributed by atoms with Crippen LogP contribution in [0.4, 0.5) is 5.69 Å². The molecule has 2 aromatic rings. The van der Waals surface area contributed by atoms with Gasteiger partial charge in [0.15, 0.2) is 0 Å². The fourth-order valence-electron chi connectivity index (χ4n) is 3.27. The second-order valence-corrected chi connectivity index (χ2v) is 6.08. The van der Waals surface area contributed by atoms with E-state index in [1.54, 1.807) is 4.90 Å². The first kappa shape index (κ1) is 16.2. The summed E-state index contributed by atoms with van der Waals surface area (Å²) in [5, 5.41) is 6.85. The van der Waals surface area contributed by atoms with Gasteiger partial charge >= 0.3 is 0 Å². The lowest BCUT2D eigenvalue weighted by atomic mass is 10.1. The number of aryl methyl sites for hydroxylation is 2. The average molecular weight is 327 g/mol. The molecule has 0 aliphatic carbocycles. The number of benzene rings is 1. The quantitative estimate of drug-likeness (QED) is 0.931. The van der Waals surface area contributed by atoms with Crippen LogP contribution in [0.3, 0.4) is 0 Å². The number of anilines is 1. The van der Waals surface area contributed by atoms with Crippen molar-refractivity contribution in [2.24, 2.45) is 0 Å². The summed E-state index contributed by atoms with van der Waals surface area (Å²) in [5.74, 6) is 0.527. The van der Waals surface area contributed by atoms with Crippen LogP contribution in [0.5, 0.6) is 0 Å². The number of fused-ring (bicyclic) bond motifs is 1. The van der Waals surface area contributed by atoms with Crippen molar-refractivity contribution in [3.8, 4) is 0 Å². The predicted octanol–water partition coefficient (Wildman–Crippen LogP) is 1.93. The zero-order valence-corrected chi connectivity index (χ0v) is 14.1. The largest absolute Gasteiger partial charge is 0.361 e. The lowest BCUT2D eigenvalue weighted by molar-refractivity contribution is -0.125. The molecule has 0 radical (unpaired) electrons. The van der Waals surface area contributed by atoms with E-state index in [0.29, 0.717) is 19.4 Å². The predicted molar refractivity (Wildman–Crippen MR) is 89.8 cm³/mol. The van der Waals surface area contributed by atoms with Crippen molar-refractivity contribution in [3.63, 3.8) is 0 Å². The van der Waals surface area contributed by atoms with E-state index in [0.717, 1.165) is 28.3 Å². The molecule has 1 aromatic carbocycles. The third-order valence-electron chi connectivity index (χ3n) is 4.47. The number of hydrogen-bond acceptors (Lipinski definition) is 4. The number of nitrogens with one attached hydrogen (secondary N) is 1. The number of carbonyl (C=O) groups is 2. The minimum absolute atomic E-state index is 0.120. The minimum atomic E-state index is -0.482. The topological polar surface area (TPSA) is 75.4 Å². The van der Waals surface area contributed by atoms with E-state index in [-0.39, 0.29) is 11.8 Å². The molecule has 3 rings (SSSR count). The van der Waals surface area contributed by atoms with Gasteiger partial charge in [-0.15, -0.1) is 0 Å². The Bertz CT molecular complexity index is 762. The highest BCUT2D eigenvalue weighted by molar-refractivity contribution is 6.02. The van der Waals surface area contributed by atoms with E-state index in [1.165, 1.54) is 6.92 Å². The van der Waals surface area contributed by atoms with Crippen molar-refractivity contribution >= 4 is 17.5 Å². The normalized spacial score (nSPS) is 16.1. The molecule has 6 heteroatoms. The second-order valence-electron chi connectivity index (χ2n) is 6.08. The summed E-state index contributed by atoms with van der Waals surface area (Å²) in [6.07, 6.45) is 1.21.